The monoisotopic (exact) mass is 577 g/mol. The van der Waals surface area contributed by atoms with Crippen molar-refractivity contribution in [2.75, 3.05) is 25.0 Å². The molecule has 1 aliphatic heterocycles. The summed E-state index contributed by atoms with van der Waals surface area (Å²) in [6.07, 6.45) is 8.63. The third-order valence-electron chi connectivity index (χ3n) is 7.68. The van der Waals surface area contributed by atoms with E-state index in [-0.39, 0.29) is 18.2 Å². The number of benzene rings is 2. The number of carbonyl (C=O) groups is 3. The van der Waals surface area contributed by atoms with Crippen LogP contribution in [-0.2, 0) is 35.4 Å². The minimum atomic E-state index is -1.07. The Morgan fingerprint density at radius 2 is 1.44 bits per heavy atom. The standard InChI is InChI=1S/C34H35N5O4/c40-32(41)23-31-34(43)39(21-14-25-4-2-1-3-5-25)24-29-7-6-28(22-30(29)37-31)33(42)38(19-12-26-8-15-35-16-9-26)20-13-27-10-17-36-18-11-27/h1-11,15-18,22,31,37H,12-14,19-21,23-24H2,(H,40,41). The number of amides is 2. The number of nitrogens with one attached hydrogen (secondary N) is 1. The number of fused-ring (bicyclic) bond motifs is 1. The summed E-state index contributed by atoms with van der Waals surface area (Å²) in [4.78, 5) is 50.8. The molecule has 9 heteroatoms. The van der Waals surface area contributed by atoms with Crippen molar-refractivity contribution in [2.24, 2.45) is 0 Å². The molecular weight excluding hydrogens is 542 g/mol. The molecule has 4 aromatic rings. The molecule has 0 saturated heterocycles. The second kappa shape index (κ2) is 14.2. The lowest BCUT2D eigenvalue weighted by molar-refractivity contribution is -0.141. The first-order valence-corrected chi connectivity index (χ1v) is 14.5. The van der Waals surface area contributed by atoms with Gasteiger partial charge in [-0.05, 0) is 77.9 Å². The Kier molecular flexibility index (Phi) is 9.74. The summed E-state index contributed by atoms with van der Waals surface area (Å²) in [5, 5.41) is 12.7. The van der Waals surface area contributed by atoms with Crippen LogP contribution in [0.4, 0.5) is 5.69 Å². The minimum Gasteiger partial charge on any atom is -0.481 e. The molecule has 1 unspecified atom stereocenters. The summed E-state index contributed by atoms with van der Waals surface area (Å²) in [5.74, 6) is -1.46. The second-order valence-electron chi connectivity index (χ2n) is 10.7. The zero-order valence-electron chi connectivity index (χ0n) is 23.9. The van der Waals surface area contributed by atoms with Crippen molar-refractivity contribution in [3.8, 4) is 0 Å². The van der Waals surface area contributed by atoms with E-state index in [9.17, 15) is 19.5 Å². The van der Waals surface area contributed by atoms with Gasteiger partial charge in [-0.1, -0.05) is 36.4 Å². The zero-order valence-corrected chi connectivity index (χ0v) is 23.9. The topological polar surface area (TPSA) is 116 Å². The summed E-state index contributed by atoms with van der Waals surface area (Å²) in [5.41, 5.74) is 5.20. The zero-order chi connectivity index (χ0) is 30.0. The summed E-state index contributed by atoms with van der Waals surface area (Å²) in [6, 6.07) is 22.1. The molecule has 2 aromatic heterocycles. The molecule has 0 spiro atoms. The Morgan fingerprint density at radius 3 is 2.05 bits per heavy atom. The molecule has 5 rings (SSSR count). The van der Waals surface area contributed by atoms with Crippen LogP contribution in [-0.4, -0.2) is 68.3 Å². The van der Waals surface area contributed by atoms with Crippen molar-refractivity contribution < 1.29 is 19.5 Å². The van der Waals surface area contributed by atoms with Gasteiger partial charge in [-0.3, -0.25) is 24.4 Å². The van der Waals surface area contributed by atoms with Gasteiger partial charge in [0.05, 0.1) is 6.42 Å². The number of aliphatic carboxylic acids is 1. The van der Waals surface area contributed by atoms with Gasteiger partial charge in [0.1, 0.15) is 6.04 Å². The Labute approximate surface area is 251 Å². The Bertz CT molecular complexity index is 1490. The SMILES string of the molecule is O=C(O)CC1Nc2cc(C(=O)N(CCc3ccncc3)CCc3ccncc3)ccc2CN(CCc2ccccc2)C1=O. The van der Waals surface area contributed by atoms with E-state index >= 15 is 0 Å². The van der Waals surface area contributed by atoms with Crippen LogP contribution < -0.4 is 5.32 Å². The van der Waals surface area contributed by atoms with Crippen LogP contribution >= 0.6 is 0 Å². The van der Waals surface area contributed by atoms with Gasteiger partial charge in [-0.25, -0.2) is 0 Å². The van der Waals surface area contributed by atoms with Crippen molar-refractivity contribution >= 4 is 23.5 Å². The predicted octanol–water partition coefficient (Wildman–Crippen LogP) is 4.24. The number of carboxylic acid groups (broad SMARTS) is 1. The van der Waals surface area contributed by atoms with Crippen LogP contribution in [0.2, 0.25) is 0 Å². The maximum atomic E-state index is 13.9. The molecule has 2 aromatic carbocycles. The number of anilines is 1. The molecule has 0 aliphatic carbocycles. The number of hydrogen-bond donors (Lipinski definition) is 2. The van der Waals surface area contributed by atoms with Crippen LogP contribution in [0.3, 0.4) is 0 Å². The average Bonchev–Trinajstić information content (AvgIpc) is 3.16. The van der Waals surface area contributed by atoms with E-state index in [0.29, 0.717) is 56.7 Å². The molecule has 0 radical (unpaired) electrons. The van der Waals surface area contributed by atoms with E-state index in [1.807, 2.05) is 65.6 Å². The highest BCUT2D eigenvalue weighted by Crippen LogP contribution is 2.27. The molecule has 1 aliphatic rings. The van der Waals surface area contributed by atoms with E-state index in [2.05, 4.69) is 15.3 Å². The van der Waals surface area contributed by atoms with E-state index in [1.165, 1.54) is 0 Å². The molecule has 0 fully saturated rings. The van der Waals surface area contributed by atoms with Crippen molar-refractivity contribution in [3.63, 3.8) is 0 Å². The van der Waals surface area contributed by atoms with Crippen molar-refractivity contribution in [1.29, 1.82) is 0 Å². The van der Waals surface area contributed by atoms with Crippen LogP contribution in [0, 0.1) is 0 Å². The van der Waals surface area contributed by atoms with Crippen LogP contribution in [0.1, 0.15) is 39.0 Å². The number of hydrogen-bond acceptors (Lipinski definition) is 6. The van der Waals surface area contributed by atoms with Crippen LogP contribution in [0.15, 0.2) is 97.6 Å². The number of pyridine rings is 2. The molecule has 1 atom stereocenters. The summed E-state index contributed by atoms with van der Waals surface area (Å²) >= 11 is 0. The van der Waals surface area contributed by atoms with Crippen molar-refractivity contribution in [3.05, 3.63) is 125 Å². The van der Waals surface area contributed by atoms with Crippen LogP contribution in [0.5, 0.6) is 0 Å². The first kappa shape index (κ1) is 29.4. The molecular formula is C34H35N5O4. The molecule has 0 bridgehead atoms. The molecule has 9 nitrogen and oxygen atoms in total. The summed E-state index contributed by atoms with van der Waals surface area (Å²) in [6.45, 7) is 1.82. The van der Waals surface area contributed by atoms with Gasteiger partial charge < -0.3 is 20.2 Å². The Balaban J connectivity index is 1.37. The lowest BCUT2D eigenvalue weighted by Gasteiger charge is -2.24. The first-order valence-electron chi connectivity index (χ1n) is 14.5. The first-order chi connectivity index (χ1) is 21.0. The lowest BCUT2D eigenvalue weighted by atomic mass is 10.1. The van der Waals surface area contributed by atoms with Gasteiger partial charge >= 0.3 is 5.97 Å². The number of rotatable bonds is 12. The molecule has 2 amide bonds. The number of carbonyl (C=O) groups excluding carboxylic acids is 2. The van der Waals surface area contributed by atoms with Gasteiger partial charge in [0.2, 0.25) is 5.91 Å². The fourth-order valence-electron chi connectivity index (χ4n) is 5.27. The molecule has 3 heterocycles. The molecule has 43 heavy (non-hydrogen) atoms. The van der Waals surface area contributed by atoms with Gasteiger partial charge in [0.15, 0.2) is 0 Å². The lowest BCUT2D eigenvalue weighted by Crippen LogP contribution is -2.42. The highest BCUT2D eigenvalue weighted by molar-refractivity contribution is 5.96. The minimum absolute atomic E-state index is 0.126. The summed E-state index contributed by atoms with van der Waals surface area (Å²) in [7, 11) is 0. The maximum absolute atomic E-state index is 13.9. The highest BCUT2D eigenvalue weighted by Gasteiger charge is 2.31. The number of aromatic nitrogens is 2. The average molecular weight is 578 g/mol. The van der Waals surface area contributed by atoms with E-state index in [4.69, 9.17) is 0 Å². The third kappa shape index (κ3) is 8.03. The van der Waals surface area contributed by atoms with E-state index in [1.54, 1.807) is 41.8 Å². The van der Waals surface area contributed by atoms with E-state index < -0.39 is 12.0 Å². The van der Waals surface area contributed by atoms with Gasteiger partial charge in [0, 0.05) is 62.2 Å². The molecule has 0 saturated carbocycles. The fourth-order valence-corrected chi connectivity index (χ4v) is 5.27. The summed E-state index contributed by atoms with van der Waals surface area (Å²) < 4.78 is 0. The molecule has 2 N–H and O–H groups in total. The van der Waals surface area contributed by atoms with Crippen molar-refractivity contribution in [2.45, 2.75) is 38.3 Å². The molecule has 220 valence electrons. The quantitative estimate of drug-likeness (QED) is 0.259. The normalized spacial score (nSPS) is 14.4. The fraction of sp³-hybridized carbons (Fsp3) is 0.265. The van der Waals surface area contributed by atoms with Gasteiger partial charge in [-0.2, -0.15) is 0 Å². The van der Waals surface area contributed by atoms with E-state index in [0.717, 1.165) is 22.3 Å². The van der Waals surface area contributed by atoms with Crippen molar-refractivity contribution in [1.82, 2.24) is 19.8 Å². The highest BCUT2D eigenvalue weighted by atomic mass is 16.4. The smallest absolute Gasteiger partial charge is 0.305 e. The Morgan fingerprint density at radius 1 is 0.837 bits per heavy atom. The second-order valence-corrected chi connectivity index (χ2v) is 10.7. The van der Waals surface area contributed by atoms with Gasteiger partial charge in [-0.15, -0.1) is 0 Å². The largest absolute Gasteiger partial charge is 0.481 e. The third-order valence-corrected chi connectivity index (χ3v) is 7.68. The predicted molar refractivity (Wildman–Crippen MR) is 163 cm³/mol. The number of carboxylic acids is 1. The number of nitrogens with zero attached hydrogens (tertiary/aromatic N) is 4. The maximum Gasteiger partial charge on any atom is 0.305 e. The van der Waals surface area contributed by atoms with Crippen LogP contribution in [0.25, 0.3) is 0 Å². The Hall–Kier alpha value is -5.05. The van der Waals surface area contributed by atoms with Gasteiger partial charge in [0.25, 0.3) is 5.91 Å².